The van der Waals surface area contributed by atoms with Crippen LogP contribution in [0.4, 0.5) is 6.01 Å². The van der Waals surface area contributed by atoms with Crippen LogP contribution >= 0.6 is 22.9 Å². The number of nitrogens with zero attached hydrogens (tertiary/aromatic N) is 2. The smallest absolute Gasteiger partial charge is 0.322 e. The fourth-order valence-corrected chi connectivity index (χ4v) is 2.98. The molecule has 2 heterocycles. The van der Waals surface area contributed by atoms with Crippen molar-refractivity contribution in [3.05, 3.63) is 45.6 Å². The maximum Gasteiger partial charge on any atom is 0.322 e. The van der Waals surface area contributed by atoms with Crippen LogP contribution in [0.5, 0.6) is 5.75 Å². The van der Waals surface area contributed by atoms with Crippen LogP contribution in [0, 0.1) is 0 Å². The fraction of sp³-hybridized carbons (Fsp3) is 0.133. The highest BCUT2D eigenvalue weighted by Crippen LogP contribution is 2.24. The van der Waals surface area contributed by atoms with Crippen molar-refractivity contribution < 1.29 is 13.9 Å². The van der Waals surface area contributed by atoms with Crippen LogP contribution < -0.4 is 10.1 Å². The third-order valence-electron chi connectivity index (χ3n) is 2.97. The summed E-state index contributed by atoms with van der Waals surface area (Å²) in [6, 6.07) is 10.8. The second-order valence-corrected chi connectivity index (χ2v) is 6.37. The number of ether oxygens (including phenoxy) is 1. The van der Waals surface area contributed by atoms with Crippen LogP contribution in [0.25, 0.3) is 11.5 Å². The van der Waals surface area contributed by atoms with Crippen LogP contribution in [-0.4, -0.2) is 23.2 Å². The van der Waals surface area contributed by atoms with Crippen molar-refractivity contribution in [2.45, 2.75) is 6.42 Å². The Bertz CT molecular complexity index is 813. The van der Waals surface area contributed by atoms with E-state index in [1.807, 2.05) is 6.07 Å². The Hall–Kier alpha value is -2.38. The lowest BCUT2D eigenvalue weighted by atomic mass is 10.2. The molecular formula is C15H12ClN3O3S. The molecule has 118 valence electrons. The summed E-state index contributed by atoms with van der Waals surface area (Å²) in [6.07, 6.45) is 0.206. The molecule has 1 N–H and O–H groups in total. The summed E-state index contributed by atoms with van der Waals surface area (Å²) in [4.78, 5) is 12.8. The van der Waals surface area contributed by atoms with Crippen molar-refractivity contribution in [1.29, 1.82) is 0 Å². The molecule has 0 unspecified atom stereocenters. The third kappa shape index (κ3) is 3.88. The van der Waals surface area contributed by atoms with E-state index < -0.39 is 0 Å². The van der Waals surface area contributed by atoms with Gasteiger partial charge in [0.2, 0.25) is 11.8 Å². The Morgan fingerprint density at radius 3 is 2.70 bits per heavy atom. The van der Waals surface area contributed by atoms with E-state index >= 15 is 0 Å². The maximum absolute atomic E-state index is 11.9. The zero-order valence-corrected chi connectivity index (χ0v) is 13.6. The van der Waals surface area contributed by atoms with E-state index in [1.165, 1.54) is 11.3 Å². The molecule has 0 aliphatic rings. The molecule has 6 nitrogen and oxygen atoms in total. The number of hydrogen-bond donors (Lipinski definition) is 1. The van der Waals surface area contributed by atoms with Crippen molar-refractivity contribution in [2.75, 3.05) is 12.4 Å². The molecule has 0 bridgehead atoms. The standard InChI is InChI=1S/C15H12ClN3O3S/c1-21-10-4-2-9(3-5-10)14-18-19-15(22-14)17-13(20)8-11-6-7-12(16)23-11/h2-7H,8H2,1H3,(H,17,19,20). The minimum atomic E-state index is -0.242. The van der Waals surface area contributed by atoms with E-state index in [0.717, 1.165) is 16.2 Å². The van der Waals surface area contributed by atoms with Crippen molar-refractivity contribution in [3.63, 3.8) is 0 Å². The Balaban J connectivity index is 1.65. The van der Waals surface area contributed by atoms with Gasteiger partial charge in [-0.25, -0.2) is 0 Å². The van der Waals surface area contributed by atoms with Crippen LogP contribution in [0.2, 0.25) is 4.34 Å². The van der Waals surface area contributed by atoms with Gasteiger partial charge in [0.15, 0.2) is 0 Å². The largest absolute Gasteiger partial charge is 0.497 e. The van der Waals surface area contributed by atoms with E-state index in [4.69, 9.17) is 20.8 Å². The Morgan fingerprint density at radius 2 is 2.04 bits per heavy atom. The van der Waals surface area contributed by atoms with Gasteiger partial charge in [0.05, 0.1) is 17.9 Å². The van der Waals surface area contributed by atoms with Crippen LogP contribution in [0.15, 0.2) is 40.8 Å². The van der Waals surface area contributed by atoms with Gasteiger partial charge in [0.1, 0.15) is 5.75 Å². The van der Waals surface area contributed by atoms with Gasteiger partial charge in [-0.3, -0.25) is 10.1 Å². The Labute approximate surface area is 141 Å². The number of benzene rings is 1. The van der Waals surface area contributed by atoms with Gasteiger partial charge in [-0.15, -0.1) is 16.4 Å². The van der Waals surface area contributed by atoms with Crippen LogP contribution in [-0.2, 0) is 11.2 Å². The summed E-state index contributed by atoms with van der Waals surface area (Å²) < 4.78 is 11.2. The topological polar surface area (TPSA) is 77.3 Å². The van der Waals surface area contributed by atoms with E-state index in [9.17, 15) is 4.79 Å². The molecule has 23 heavy (non-hydrogen) atoms. The van der Waals surface area contributed by atoms with Crippen molar-refractivity contribution in [3.8, 4) is 17.2 Å². The summed E-state index contributed by atoms with van der Waals surface area (Å²) in [5.41, 5.74) is 0.740. The van der Waals surface area contributed by atoms with Gasteiger partial charge in [0, 0.05) is 10.4 Å². The Morgan fingerprint density at radius 1 is 1.26 bits per heavy atom. The summed E-state index contributed by atoms with van der Waals surface area (Å²) in [6.45, 7) is 0. The lowest BCUT2D eigenvalue weighted by Crippen LogP contribution is -2.13. The number of carbonyl (C=O) groups is 1. The molecule has 0 atom stereocenters. The van der Waals surface area contributed by atoms with Gasteiger partial charge in [-0.05, 0) is 36.4 Å². The number of thiophene rings is 1. The van der Waals surface area contributed by atoms with Crippen LogP contribution in [0.3, 0.4) is 0 Å². The fourth-order valence-electron chi connectivity index (χ4n) is 1.89. The highest BCUT2D eigenvalue weighted by Gasteiger charge is 2.12. The molecule has 0 saturated heterocycles. The molecule has 2 aromatic heterocycles. The lowest BCUT2D eigenvalue weighted by Gasteiger charge is -2.00. The highest BCUT2D eigenvalue weighted by atomic mass is 35.5. The average Bonchev–Trinajstić information content (AvgIpc) is 3.16. The first kappa shape index (κ1) is 15.5. The monoisotopic (exact) mass is 349 g/mol. The number of nitrogens with one attached hydrogen (secondary N) is 1. The normalized spacial score (nSPS) is 10.5. The third-order valence-corrected chi connectivity index (χ3v) is 4.20. The van der Waals surface area contributed by atoms with E-state index in [1.54, 1.807) is 37.4 Å². The number of aromatic nitrogens is 2. The second-order valence-electron chi connectivity index (χ2n) is 4.57. The molecule has 0 fully saturated rings. The summed E-state index contributed by atoms with van der Waals surface area (Å²) in [5.74, 6) is 0.812. The summed E-state index contributed by atoms with van der Waals surface area (Å²) in [7, 11) is 1.59. The molecule has 3 rings (SSSR count). The number of carbonyl (C=O) groups excluding carboxylic acids is 1. The molecule has 1 amide bonds. The van der Waals surface area contributed by atoms with Crippen molar-refractivity contribution in [2.24, 2.45) is 0 Å². The highest BCUT2D eigenvalue weighted by molar-refractivity contribution is 7.16. The first-order chi connectivity index (χ1) is 11.1. The zero-order valence-electron chi connectivity index (χ0n) is 12.1. The molecule has 0 saturated carbocycles. The van der Waals surface area contributed by atoms with Gasteiger partial charge < -0.3 is 9.15 Å². The number of halogens is 1. The van der Waals surface area contributed by atoms with Crippen molar-refractivity contribution in [1.82, 2.24) is 10.2 Å². The SMILES string of the molecule is COc1ccc(-c2nnc(NC(=O)Cc3ccc(Cl)s3)o2)cc1. The lowest BCUT2D eigenvalue weighted by molar-refractivity contribution is -0.115. The molecule has 0 radical (unpaired) electrons. The Kier molecular flexibility index (Phi) is 4.59. The van der Waals surface area contributed by atoms with Gasteiger partial charge in [-0.2, -0.15) is 0 Å². The van der Waals surface area contributed by atoms with E-state index in [0.29, 0.717) is 10.2 Å². The average molecular weight is 350 g/mol. The van der Waals surface area contributed by atoms with Gasteiger partial charge in [0.25, 0.3) is 0 Å². The second kappa shape index (κ2) is 6.80. The number of rotatable bonds is 5. The van der Waals surface area contributed by atoms with Gasteiger partial charge in [-0.1, -0.05) is 16.7 Å². The molecule has 0 spiro atoms. The molecule has 1 aromatic carbocycles. The van der Waals surface area contributed by atoms with E-state index in [2.05, 4.69) is 15.5 Å². The molecule has 3 aromatic rings. The zero-order chi connectivity index (χ0) is 16.2. The number of methoxy groups -OCH3 is 1. The maximum atomic E-state index is 11.9. The number of amides is 1. The summed E-state index contributed by atoms with van der Waals surface area (Å²) >= 11 is 7.19. The quantitative estimate of drug-likeness (QED) is 0.760. The molecule has 0 aliphatic heterocycles. The molecule has 0 aliphatic carbocycles. The summed E-state index contributed by atoms with van der Waals surface area (Å²) in [5, 5.41) is 10.3. The predicted octanol–water partition coefficient (Wildman–Crippen LogP) is 3.64. The minimum absolute atomic E-state index is 0.0588. The van der Waals surface area contributed by atoms with Crippen molar-refractivity contribution >= 4 is 34.9 Å². The minimum Gasteiger partial charge on any atom is -0.497 e. The first-order valence-electron chi connectivity index (χ1n) is 6.66. The molecular weight excluding hydrogens is 338 g/mol. The molecule has 8 heteroatoms. The number of anilines is 1. The van der Waals surface area contributed by atoms with Gasteiger partial charge >= 0.3 is 6.01 Å². The first-order valence-corrected chi connectivity index (χ1v) is 7.85. The number of hydrogen-bond acceptors (Lipinski definition) is 6. The predicted molar refractivity (Wildman–Crippen MR) is 87.9 cm³/mol. The van der Waals surface area contributed by atoms with Crippen LogP contribution in [0.1, 0.15) is 4.88 Å². The van der Waals surface area contributed by atoms with E-state index in [-0.39, 0.29) is 18.3 Å².